The van der Waals surface area contributed by atoms with E-state index in [2.05, 4.69) is 36.9 Å². The zero-order valence-corrected chi connectivity index (χ0v) is 15.3. The van der Waals surface area contributed by atoms with E-state index in [1.54, 1.807) is 19.2 Å². The average molecular weight is 385 g/mol. The fourth-order valence-electron chi connectivity index (χ4n) is 1.82. The Labute approximate surface area is 146 Å². The molecule has 0 saturated heterocycles. The maximum absolute atomic E-state index is 12.0. The van der Waals surface area contributed by atoms with Crippen molar-refractivity contribution in [3.8, 4) is 0 Å². The fourth-order valence-corrected chi connectivity index (χ4v) is 2.22. The van der Waals surface area contributed by atoms with Crippen LogP contribution in [0.1, 0.15) is 23.7 Å². The monoisotopic (exact) mass is 384 g/mol. The minimum atomic E-state index is -0.0691. The number of benzene rings is 1. The van der Waals surface area contributed by atoms with E-state index in [-0.39, 0.29) is 5.91 Å². The molecule has 7 heteroatoms. The maximum atomic E-state index is 12.0. The van der Waals surface area contributed by atoms with Crippen LogP contribution in [0.4, 0.5) is 0 Å². The smallest absolute Gasteiger partial charge is 0.251 e. The Morgan fingerprint density at radius 3 is 2.78 bits per heavy atom. The number of nitrogens with zero attached hydrogens (tertiary/aromatic N) is 1. The highest BCUT2D eigenvalue weighted by molar-refractivity contribution is 9.10. The van der Waals surface area contributed by atoms with Crippen LogP contribution in [0.15, 0.2) is 33.7 Å². The molecular formula is C16H25BrN4O2. The molecule has 23 heavy (non-hydrogen) atoms. The summed E-state index contributed by atoms with van der Waals surface area (Å²) in [5.74, 6) is 0.697. The first-order valence-corrected chi connectivity index (χ1v) is 8.51. The number of guanidine groups is 1. The molecule has 0 spiro atoms. The SMILES string of the molecule is CCNC(=NCCCNC(=O)c1cccc(Br)c1)NCCOC. The fraction of sp³-hybridized carbons (Fsp3) is 0.500. The van der Waals surface area contributed by atoms with Crippen LogP contribution in [0, 0.1) is 0 Å². The Kier molecular flexibility index (Phi) is 10.1. The molecule has 0 heterocycles. The number of aliphatic imine (C=N–C) groups is 1. The molecule has 0 aliphatic rings. The predicted octanol–water partition coefficient (Wildman–Crippen LogP) is 1.77. The Balaban J connectivity index is 2.29. The molecule has 128 valence electrons. The number of rotatable bonds is 9. The van der Waals surface area contributed by atoms with Crippen LogP contribution in [0.25, 0.3) is 0 Å². The summed E-state index contributed by atoms with van der Waals surface area (Å²) in [5.41, 5.74) is 0.650. The Hall–Kier alpha value is -1.60. The third kappa shape index (κ3) is 8.56. The van der Waals surface area contributed by atoms with Crippen LogP contribution in [-0.2, 0) is 4.74 Å². The van der Waals surface area contributed by atoms with E-state index in [9.17, 15) is 4.79 Å². The van der Waals surface area contributed by atoms with Gasteiger partial charge in [-0.3, -0.25) is 9.79 Å². The number of carbonyl (C=O) groups is 1. The topological polar surface area (TPSA) is 74.8 Å². The van der Waals surface area contributed by atoms with E-state index in [1.165, 1.54) is 0 Å². The summed E-state index contributed by atoms with van der Waals surface area (Å²) in [4.78, 5) is 16.4. The molecule has 6 nitrogen and oxygen atoms in total. The average Bonchev–Trinajstić information content (AvgIpc) is 2.54. The van der Waals surface area contributed by atoms with Crippen LogP contribution in [0.5, 0.6) is 0 Å². The second-order valence-electron chi connectivity index (χ2n) is 4.80. The molecule has 1 aromatic carbocycles. The summed E-state index contributed by atoms with van der Waals surface area (Å²) in [6.07, 6.45) is 0.778. The molecule has 1 aromatic rings. The summed E-state index contributed by atoms with van der Waals surface area (Å²) >= 11 is 3.36. The van der Waals surface area contributed by atoms with Crippen molar-refractivity contribution in [2.75, 3.05) is 39.9 Å². The normalized spacial score (nSPS) is 11.2. The van der Waals surface area contributed by atoms with Gasteiger partial charge >= 0.3 is 0 Å². The highest BCUT2D eigenvalue weighted by atomic mass is 79.9. The molecule has 0 saturated carbocycles. The van der Waals surface area contributed by atoms with Gasteiger partial charge in [-0.25, -0.2) is 0 Å². The summed E-state index contributed by atoms with van der Waals surface area (Å²) in [6, 6.07) is 7.33. The zero-order chi connectivity index (χ0) is 16.9. The van der Waals surface area contributed by atoms with Crippen molar-refractivity contribution in [3.05, 3.63) is 34.3 Å². The van der Waals surface area contributed by atoms with Gasteiger partial charge < -0.3 is 20.7 Å². The van der Waals surface area contributed by atoms with Crippen molar-refractivity contribution in [1.29, 1.82) is 0 Å². The second-order valence-corrected chi connectivity index (χ2v) is 5.72. The lowest BCUT2D eigenvalue weighted by atomic mass is 10.2. The lowest BCUT2D eigenvalue weighted by Gasteiger charge is -2.10. The number of methoxy groups -OCH3 is 1. The van der Waals surface area contributed by atoms with Gasteiger partial charge in [0.1, 0.15) is 0 Å². The summed E-state index contributed by atoms with van der Waals surface area (Å²) in [5, 5.41) is 9.23. The van der Waals surface area contributed by atoms with E-state index in [4.69, 9.17) is 4.74 Å². The molecule has 1 amide bonds. The molecule has 1 rings (SSSR count). The van der Waals surface area contributed by atoms with Crippen molar-refractivity contribution < 1.29 is 9.53 Å². The third-order valence-electron chi connectivity index (χ3n) is 2.92. The minimum absolute atomic E-state index is 0.0691. The quantitative estimate of drug-likeness (QED) is 0.344. The van der Waals surface area contributed by atoms with Gasteiger partial charge in [0.05, 0.1) is 6.61 Å². The summed E-state index contributed by atoms with van der Waals surface area (Å²) < 4.78 is 5.89. The van der Waals surface area contributed by atoms with Crippen LogP contribution in [0.3, 0.4) is 0 Å². The molecule has 0 atom stereocenters. The lowest BCUT2D eigenvalue weighted by Crippen LogP contribution is -2.39. The largest absolute Gasteiger partial charge is 0.383 e. The predicted molar refractivity (Wildman–Crippen MR) is 96.9 cm³/mol. The Bertz CT molecular complexity index is 509. The van der Waals surface area contributed by atoms with Crippen molar-refractivity contribution >= 4 is 27.8 Å². The van der Waals surface area contributed by atoms with Gasteiger partial charge in [-0.05, 0) is 31.5 Å². The maximum Gasteiger partial charge on any atom is 0.251 e. The van der Waals surface area contributed by atoms with Crippen LogP contribution >= 0.6 is 15.9 Å². The van der Waals surface area contributed by atoms with Gasteiger partial charge in [-0.1, -0.05) is 22.0 Å². The van der Waals surface area contributed by atoms with Gasteiger partial charge in [0.15, 0.2) is 5.96 Å². The van der Waals surface area contributed by atoms with Crippen LogP contribution < -0.4 is 16.0 Å². The van der Waals surface area contributed by atoms with Gasteiger partial charge in [-0.15, -0.1) is 0 Å². The van der Waals surface area contributed by atoms with E-state index in [1.807, 2.05) is 19.1 Å². The lowest BCUT2D eigenvalue weighted by molar-refractivity contribution is 0.0953. The van der Waals surface area contributed by atoms with Crippen molar-refractivity contribution in [2.45, 2.75) is 13.3 Å². The van der Waals surface area contributed by atoms with Gasteiger partial charge in [0.2, 0.25) is 0 Å². The molecule has 0 aromatic heterocycles. The van der Waals surface area contributed by atoms with E-state index in [0.717, 1.165) is 23.4 Å². The third-order valence-corrected chi connectivity index (χ3v) is 3.41. The highest BCUT2D eigenvalue weighted by Gasteiger charge is 2.04. The second kappa shape index (κ2) is 11.9. The summed E-state index contributed by atoms with van der Waals surface area (Å²) in [6.45, 7) is 5.40. The molecule has 3 N–H and O–H groups in total. The molecule has 0 aliphatic heterocycles. The Morgan fingerprint density at radius 2 is 2.09 bits per heavy atom. The van der Waals surface area contributed by atoms with E-state index in [0.29, 0.717) is 31.8 Å². The first kappa shape index (κ1) is 19.4. The van der Waals surface area contributed by atoms with Gasteiger partial charge in [-0.2, -0.15) is 0 Å². The number of halogens is 1. The highest BCUT2D eigenvalue weighted by Crippen LogP contribution is 2.11. The molecule has 0 radical (unpaired) electrons. The zero-order valence-electron chi connectivity index (χ0n) is 13.7. The number of carbonyl (C=O) groups excluding carboxylic acids is 1. The van der Waals surface area contributed by atoms with Crippen molar-refractivity contribution in [3.63, 3.8) is 0 Å². The minimum Gasteiger partial charge on any atom is -0.383 e. The molecule has 0 aliphatic carbocycles. The van der Waals surface area contributed by atoms with E-state index >= 15 is 0 Å². The number of hydrogen-bond donors (Lipinski definition) is 3. The van der Waals surface area contributed by atoms with Gasteiger partial charge in [0, 0.05) is 43.3 Å². The van der Waals surface area contributed by atoms with Crippen LogP contribution in [-0.4, -0.2) is 51.8 Å². The first-order valence-electron chi connectivity index (χ1n) is 7.72. The summed E-state index contributed by atoms with van der Waals surface area (Å²) in [7, 11) is 1.67. The molecule has 0 fully saturated rings. The number of nitrogens with one attached hydrogen (secondary N) is 3. The standard InChI is InChI=1S/C16H25BrN4O2/c1-3-18-16(21-10-11-23-2)20-9-5-8-19-15(22)13-6-4-7-14(17)12-13/h4,6-7,12H,3,5,8-11H2,1-2H3,(H,19,22)(H2,18,20,21). The number of amides is 1. The number of ether oxygens (including phenoxy) is 1. The molecule has 0 bridgehead atoms. The first-order chi connectivity index (χ1) is 11.2. The van der Waals surface area contributed by atoms with Gasteiger partial charge in [0.25, 0.3) is 5.91 Å². The molecular weight excluding hydrogens is 360 g/mol. The molecule has 0 unspecified atom stereocenters. The van der Waals surface area contributed by atoms with Crippen molar-refractivity contribution in [1.82, 2.24) is 16.0 Å². The van der Waals surface area contributed by atoms with Crippen molar-refractivity contribution in [2.24, 2.45) is 4.99 Å². The van der Waals surface area contributed by atoms with Crippen LogP contribution in [0.2, 0.25) is 0 Å². The van der Waals surface area contributed by atoms with E-state index < -0.39 is 0 Å². The Morgan fingerprint density at radius 1 is 1.26 bits per heavy atom. The number of hydrogen-bond acceptors (Lipinski definition) is 3.